The second-order valence-corrected chi connectivity index (χ2v) is 3.75. The molecule has 0 amide bonds. The number of carbonyl (C=O) groups is 1. The summed E-state index contributed by atoms with van der Waals surface area (Å²) in [7, 11) is 3.29. The molecule has 0 saturated heterocycles. The highest BCUT2D eigenvalue weighted by Gasteiger charge is 2.13. The SMILES string of the molecule is CCc1nn(C)cc1CNC(C)C(=O)OC. The molecule has 90 valence electrons. The third-order valence-corrected chi connectivity index (χ3v) is 2.48. The predicted molar refractivity (Wildman–Crippen MR) is 60.9 cm³/mol. The first-order valence-electron chi connectivity index (χ1n) is 5.41. The molecule has 1 unspecified atom stereocenters. The highest BCUT2D eigenvalue weighted by atomic mass is 16.5. The smallest absolute Gasteiger partial charge is 0.322 e. The number of rotatable bonds is 5. The molecule has 0 aromatic carbocycles. The molecule has 1 heterocycles. The number of ether oxygens (including phenoxy) is 1. The molecule has 5 nitrogen and oxygen atoms in total. The van der Waals surface area contributed by atoms with Crippen LogP contribution < -0.4 is 5.32 Å². The lowest BCUT2D eigenvalue weighted by Crippen LogP contribution is -2.34. The molecule has 0 spiro atoms. The lowest BCUT2D eigenvalue weighted by Gasteiger charge is -2.10. The topological polar surface area (TPSA) is 56.2 Å². The molecule has 0 radical (unpaired) electrons. The van der Waals surface area contributed by atoms with Crippen molar-refractivity contribution >= 4 is 5.97 Å². The van der Waals surface area contributed by atoms with Gasteiger partial charge in [0, 0.05) is 25.4 Å². The molecule has 0 bridgehead atoms. The Morgan fingerprint density at radius 3 is 2.94 bits per heavy atom. The third-order valence-electron chi connectivity index (χ3n) is 2.48. The van der Waals surface area contributed by atoms with E-state index in [1.54, 1.807) is 11.6 Å². The molecule has 0 saturated carbocycles. The molecule has 1 aromatic rings. The van der Waals surface area contributed by atoms with Gasteiger partial charge in [0.05, 0.1) is 12.8 Å². The van der Waals surface area contributed by atoms with Gasteiger partial charge in [0.15, 0.2) is 0 Å². The van der Waals surface area contributed by atoms with Crippen LogP contribution in [0.4, 0.5) is 0 Å². The van der Waals surface area contributed by atoms with Crippen molar-refractivity contribution in [3.8, 4) is 0 Å². The van der Waals surface area contributed by atoms with E-state index >= 15 is 0 Å². The van der Waals surface area contributed by atoms with Crippen molar-refractivity contribution in [2.75, 3.05) is 7.11 Å². The predicted octanol–water partition coefficient (Wildman–Crippen LogP) is 0.634. The maximum absolute atomic E-state index is 11.2. The molecule has 0 fully saturated rings. The minimum absolute atomic E-state index is 0.248. The van der Waals surface area contributed by atoms with Gasteiger partial charge in [-0.1, -0.05) is 6.92 Å². The molecule has 1 rings (SSSR count). The maximum Gasteiger partial charge on any atom is 0.322 e. The minimum atomic E-state index is -0.296. The van der Waals surface area contributed by atoms with Gasteiger partial charge < -0.3 is 10.1 Å². The van der Waals surface area contributed by atoms with Crippen LogP contribution >= 0.6 is 0 Å². The van der Waals surface area contributed by atoms with Crippen molar-refractivity contribution in [3.63, 3.8) is 0 Å². The van der Waals surface area contributed by atoms with Gasteiger partial charge in [0.25, 0.3) is 0 Å². The minimum Gasteiger partial charge on any atom is -0.468 e. The Labute approximate surface area is 95.8 Å². The Morgan fingerprint density at radius 2 is 2.38 bits per heavy atom. The van der Waals surface area contributed by atoms with Crippen LogP contribution in [0.2, 0.25) is 0 Å². The van der Waals surface area contributed by atoms with Crippen molar-refractivity contribution in [1.82, 2.24) is 15.1 Å². The number of aromatic nitrogens is 2. The first kappa shape index (κ1) is 12.7. The monoisotopic (exact) mass is 225 g/mol. The van der Waals surface area contributed by atoms with E-state index in [0.717, 1.165) is 17.7 Å². The zero-order valence-electron chi connectivity index (χ0n) is 10.3. The van der Waals surface area contributed by atoms with Gasteiger partial charge in [0.2, 0.25) is 0 Å². The van der Waals surface area contributed by atoms with E-state index in [1.165, 1.54) is 7.11 Å². The van der Waals surface area contributed by atoms with Crippen LogP contribution in [0.1, 0.15) is 25.1 Å². The van der Waals surface area contributed by atoms with Gasteiger partial charge in [-0.2, -0.15) is 5.10 Å². The number of hydrogen-bond donors (Lipinski definition) is 1. The summed E-state index contributed by atoms with van der Waals surface area (Å²) in [5.74, 6) is -0.248. The van der Waals surface area contributed by atoms with E-state index in [9.17, 15) is 4.79 Å². The molecule has 1 aromatic heterocycles. The highest BCUT2D eigenvalue weighted by molar-refractivity contribution is 5.75. The number of aryl methyl sites for hydroxylation is 2. The van der Waals surface area contributed by atoms with E-state index in [4.69, 9.17) is 0 Å². The summed E-state index contributed by atoms with van der Waals surface area (Å²) in [6.45, 7) is 4.48. The molecule has 0 aliphatic heterocycles. The van der Waals surface area contributed by atoms with E-state index in [-0.39, 0.29) is 12.0 Å². The van der Waals surface area contributed by atoms with Crippen molar-refractivity contribution in [3.05, 3.63) is 17.5 Å². The maximum atomic E-state index is 11.2. The van der Waals surface area contributed by atoms with Crippen LogP contribution in [0.15, 0.2) is 6.20 Å². The summed E-state index contributed by atoms with van der Waals surface area (Å²) in [4.78, 5) is 11.2. The second-order valence-electron chi connectivity index (χ2n) is 3.75. The average Bonchev–Trinajstić information content (AvgIpc) is 2.65. The molecular weight excluding hydrogens is 206 g/mol. The van der Waals surface area contributed by atoms with Gasteiger partial charge >= 0.3 is 5.97 Å². The van der Waals surface area contributed by atoms with Crippen LogP contribution in [0.3, 0.4) is 0 Å². The van der Waals surface area contributed by atoms with Crippen molar-refractivity contribution in [1.29, 1.82) is 0 Å². The fraction of sp³-hybridized carbons (Fsp3) is 0.636. The fourth-order valence-corrected chi connectivity index (χ4v) is 1.55. The lowest BCUT2D eigenvalue weighted by molar-refractivity contribution is -0.142. The number of esters is 1. The molecule has 1 N–H and O–H groups in total. The van der Waals surface area contributed by atoms with Gasteiger partial charge in [-0.05, 0) is 13.3 Å². The molecular formula is C11H19N3O2. The summed E-state index contributed by atoms with van der Waals surface area (Å²) in [6, 6.07) is -0.296. The van der Waals surface area contributed by atoms with Crippen LogP contribution in [-0.2, 0) is 29.5 Å². The zero-order valence-corrected chi connectivity index (χ0v) is 10.3. The third kappa shape index (κ3) is 3.06. The number of nitrogens with one attached hydrogen (secondary N) is 1. The summed E-state index contributed by atoms with van der Waals surface area (Å²) < 4.78 is 6.43. The molecule has 16 heavy (non-hydrogen) atoms. The molecule has 1 atom stereocenters. The number of carbonyl (C=O) groups excluding carboxylic acids is 1. The molecule has 0 aliphatic rings. The van der Waals surface area contributed by atoms with Crippen molar-refractivity contribution < 1.29 is 9.53 Å². The van der Waals surface area contributed by atoms with E-state index in [1.807, 2.05) is 13.2 Å². The van der Waals surface area contributed by atoms with Crippen LogP contribution in [-0.4, -0.2) is 28.9 Å². The number of nitrogens with zero attached hydrogens (tertiary/aromatic N) is 2. The van der Waals surface area contributed by atoms with Gasteiger partial charge in [-0.3, -0.25) is 9.48 Å². The first-order chi connectivity index (χ1) is 7.58. The van der Waals surface area contributed by atoms with E-state index in [0.29, 0.717) is 6.54 Å². The Morgan fingerprint density at radius 1 is 1.69 bits per heavy atom. The van der Waals surface area contributed by atoms with E-state index in [2.05, 4.69) is 22.1 Å². The quantitative estimate of drug-likeness (QED) is 0.747. The van der Waals surface area contributed by atoms with Gasteiger partial charge in [-0.15, -0.1) is 0 Å². The molecule has 0 aliphatic carbocycles. The number of hydrogen-bond acceptors (Lipinski definition) is 4. The summed E-state index contributed by atoms with van der Waals surface area (Å²) in [5.41, 5.74) is 2.19. The summed E-state index contributed by atoms with van der Waals surface area (Å²) >= 11 is 0. The Bertz CT molecular complexity index is 360. The Balaban J connectivity index is 2.57. The van der Waals surface area contributed by atoms with Crippen LogP contribution in [0.25, 0.3) is 0 Å². The van der Waals surface area contributed by atoms with E-state index < -0.39 is 0 Å². The van der Waals surface area contributed by atoms with Gasteiger partial charge in [0.1, 0.15) is 6.04 Å². The summed E-state index contributed by atoms with van der Waals surface area (Å²) in [5, 5.41) is 7.44. The van der Waals surface area contributed by atoms with Crippen LogP contribution in [0.5, 0.6) is 0 Å². The van der Waals surface area contributed by atoms with Crippen molar-refractivity contribution in [2.45, 2.75) is 32.9 Å². The number of methoxy groups -OCH3 is 1. The van der Waals surface area contributed by atoms with Gasteiger partial charge in [-0.25, -0.2) is 0 Å². The van der Waals surface area contributed by atoms with Crippen LogP contribution in [0, 0.1) is 0 Å². The normalized spacial score (nSPS) is 12.5. The standard InChI is InChI=1S/C11H19N3O2/c1-5-10-9(7-14(3)13-10)6-12-8(2)11(15)16-4/h7-8,12H,5-6H2,1-4H3. The lowest BCUT2D eigenvalue weighted by atomic mass is 10.2. The zero-order chi connectivity index (χ0) is 12.1. The largest absolute Gasteiger partial charge is 0.468 e. The Hall–Kier alpha value is -1.36. The highest BCUT2D eigenvalue weighted by Crippen LogP contribution is 2.07. The van der Waals surface area contributed by atoms with Crippen molar-refractivity contribution in [2.24, 2.45) is 7.05 Å². The first-order valence-corrected chi connectivity index (χ1v) is 5.41. The summed E-state index contributed by atoms with van der Waals surface area (Å²) in [6.07, 6.45) is 2.86. The Kier molecular flexibility index (Phi) is 4.49. The molecule has 5 heteroatoms. The second kappa shape index (κ2) is 5.65. The fourth-order valence-electron chi connectivity index (χ4n) is 1.55. The average molecular weight is 225 g/mol.